The number of nitrogens with zero attached hydrogens (tertiary/aromatic N) is 2. The van der Waals surface area contributed by atoms with Gasteiger partial charge in [-0.05, 0) is 85.0 Å². The molecule has 2 aromatic rings. The van der Waals surface area contributed by atoms with Crippen molar-refractivity contribution in [1.82, 2.24) is 9.80 Å². The average Bonchev–Trinajstić information content (AvgIpc) is 2.80. The highest BCUT2D eigenvalue weighted by Crippen LogP contribution is 2.40. The lowest BCUT2D eigenvalue weighted by molar-refractivity contribution is 0.204. The zero-order valence-electron chi connectivity index (χ0n) is 22.8. The van der Waals surface area contributed by atoms with Crippen molar-refractivity contribution in [2.75, 3.05) is 27.2 Å². The first-order chi connectivity index (χ1) is 15.9. The van der Waals surface area contributed by atoms with E-state index in [1.807, 2.05) is 0 Å². The molecule has 0 aliphatic carbocycles. The number of halogens is 2. The summed E-state index contributed by atoms with van der Waals surface area (Å²) in [5.74, 6) is 1.21. The van der Waals surface area contributed by atoms with Gasteiger partial charge in [0.25, 0.3) is 0 Å². The molecular formula is C31H48Cl2N2. The van der Waals surface area contributed by atoms with Crippen LogP contribution < -0.4 is 0 Å². The summed E-state index contributed by atoms with van der Waals surface area (Å²) in [6.07, 6.45) is 8.99. The Morgan fingerprint density at radius 1 is 0.657 bits per heavy atom. The monoisotopic (exact) mass is 518 g/mol. The van der Waals surface area contributed by atoms with Gasteiger partial charge in [0, 0.05) is 25.2 Å². The van der Waals surface area contributed by atoms with Crippen molar-refractivity contribution in [2.24, 2.45) is 0 Å². The zero-order valence-corrected chi connectivity index (χ0v) is 24.5. The third-order valence-electron chi connectivity index (χ3n) is 8.36. The van der Waals surface area contributed by atoms with Crippen LogP contribution in [0.1, 0.15) is 117 Å². The van der Waals surface area contributed by atoms with E-state index in [9.17, 15) is 0 Å². The van der Waals surface area contributed by atoms with Crippen molar-refractivity contribution in [1.29, 1.82) is 0 Å². The van der Waals surface area contributed by atoms with E-state index in [4.69, 9.17) is 0 Å². The minimum atomic E-state index is 0. The van der Waals surface area contributed by atoms with Gasteiger partial charge in [-0.2, -0.15) is 0 Å². The second-order valence-corrected chi connectivity index (χ2v) is 11.3. The van der Waals surface area contributed by atoms with Crippen molar-refractivity contribution in [3.8, 4) is 0 Å². The fraction of sp³-hybridized carbons (Fsp3) is 0.613. The minimum Gasteiger partial charge on any atom is -0.299 e. The first kappa shape index (κ1) is 30.2. The molecule has 4 heteroatoms. The van der Waals surface area contributed by atoms with E-state index >= 15 is 0 Å². The van der Waals surface area contributed by atoms with E-state index in [2.05, 4.69) is 88.0 Å². The molecule has 196 valence electrons. The number of fused-ring (bicyclic) bond motifs is 2. The van der Waals surface area contributed by atoms with Crippen LogP contribution in [0.4, 0.5) is 0 Å². The van der Waals surface area contributed by atoms with Gasteiger partial charge in [-0.25, -0.2) is 0 Å². The Labute approximate surface area is 227 Å². The predicted octanol–water partition coefficient (Wildman–Crippen LogP) is 8.49. The molecule has 2 unspecified atom stereocenters. The van der Waals surface area contributed by atoms with E-state index in [0.717, 1.165) is 0 Å². The molecule has 2 nitrogen and oxygen atoms in total. The van der Waals surface area contributed by atoms with E-state index in [-0.39, 0.29) is 24.8 Å². The van der Waals surface area contributed by atoms with Crippen molar-refractivity contribution in [3.63, 3.8) is 0 Å². The topological polar surface area (TPSA) is 6.48 Å². The smallest absolute Gasteiger partial charge is 0.0350 e. The van der Waals surface area contributed by atoms with Gasteiger partial charge in [-0.15, -0.1) is 24.8 Å². The van der Waals surface area contributed by atoms with Gasteiger partial charge in [-0.3, -0.25) is 9.80 Å². The first-order valence-electron chi connectivity index (χ1n) is 13.5. The summed E-state index contributed by atoms with van der Waals surface area (Å²) in [7, 11) is 4.68. The van der Waals surface area contributed by atoms with Crippen molar-refractivity contribution in [2.45, 2.75) is 96.6 Å². The van der Waals surface area contributed by atoms with E-state index < -0.39 is 0 Å². The molecule has 0 fully saturated rings. The van der Waals surface area contributed by atoms with Gasteiger partial charge < -0.3 is 0 Å². The maximum absolute atomic E-state index is 2.62. The molecule has 0 aromatic heterocycles. The van der Waals surface area contributed by atoms with Crippen LogP contribution in [0.25, 0.3) is 0 Å². The van der Waals surface area contributed by atoms with E-state index in [1.54, 1.807) is 33.4 Å². The molecule has 0 saturated carbocycles. The molecule has 0 N–H and O–H groups in total. The van der Waals surface area contributed by atoms with Crippen LogP contribution in [-0.2, 0) is 12.8 Å². The zero-order chi connectivity index (χ0) is 23.5. The van der Waals surface area contributed by atoms with Gasteiger partial charge in [0.2, 0.25) is 0 Å². The summed E-state index contributed by atoms with van der Waals surface area (Å²) in [6, 6.07) is 15.3. The molecule has 0 bridgehead atoms. The number of hydrogen-bond acceptors (Lipinski definition) is 2. The van der Waals surface area contributed by atoms with Gasteiger partial charge >= 0.3 is 0 Å². The third kappa shape index (κ3) is 6.63. The maximum atomic E-state index is 2.62. The van der Waals surface area contributed by atoms with Gasteiger partial charge in [0.15, 0.2) is 0 Å². The normalized spacial score (nSPS) is 20.2. The highest BCUT2D eigenvalue weighted by molar-refractivity contribution is 5.85. The standard InChI is InChI=1S/C31H46N2.2ClH/c1-22(2)26-14-10-12-24-18-20-32(5)28(30(24)26)16-8-7-9-17-29-31-25(19-21-33(29)6)13-11-15-27(31)23(3)4;;/h10-15,22-23,28-29H,7-9,16-21H2,1-6H3;2*1H. The molecule has 2 heterocycles. The molecule has 0 saturated heterocycles. The van der Waals surface area contributed by atoms with E-state index in [1.165, 1.54) is 58.0 Å². The van der Waals surface area contributed by atoms with Crippen LogP contribution in [0.5, 0.6) is 0 Å². The number of benzene rings is 2. The molecular weight excluding hydrogens is 471 g/mol. The summed E-state index contributed by atoms with van der Waals surface area (Å²) in [4.78, 5) is 5.24. The second-order valence-electron chi connectivity index (χ2n) is 11.3. The number of rotatable bonds is 8. The Balaban J connectivity index is 0.00000216. The van der Waals surface area contributed by atoms with Crippen LogP contribution in [-0.4, -0.2) is 37.0 Å². The fourth-order valence-electron chi connectivity index (χ4n) is 6.45. The van der Waals surface area contributed by atoms with Crippen molar-refractivity contribution < 1.29 is 0 Å². The van der Waals surface area contributed by atoms with Crippen LogP contribution in [0.15, 0.2) is 36.4 Å². The molecule has 0 spiro atoms. The maximum Gasteiger partial charge on any atom is 0.0350 e. The Morgan fingerprint density at radius 2 is 1.06 bits per heavy atom. The highest BCUT2D eigenvalue weighted by atomic mass is 35.5. The number of unbranched alkanes of at least 4 members (excludes halogenated alkanes) is 2. The summed E-state index contributed by atoms with van der Waals surface area (Å²) in [5, 5.41) is 0. The Hall–Kier alpha value is -1.06. The van der Waals surface area contributed by atoms with Crippen LogP contribution in [0, 0.1) is 0 Å². The van der Waals surface area contributed by atoms with Crippen LogP contribution in [0.2, 0.25) is 0 Å². The Kier molecular flexibility index (Phi) is 11.6. The molecule has 2 aliphatic rings. The number of likely N-dealkylation sites (N-methyl/N-ethyl adjacent to an activating group) is 2. The molecule has 35 heavy (non-hydrogen) atoms. The Bertz CT molecular complexity index is 864. The SMILES string of the molecule is CC(C)c1cccc2c1C(CCCCCC1c3c(cccc3C(C)C)CCN1C)N(C)CC2.Cl.Cl. The van der Waals surface area contributed by atoms with Gasteiger partial charge in [-0.1, -0.05) is 83.4 Å². The van der Waals surface area contributed by atoms with E-state index in [0.29, 0.717) is 23.9 Å². The molecule has 4 rings (SSSR count). The quantitative estimate of drug-likeness (QED) is 0.323. The molecule has 2 atom stereocenters. The lowest BCUT2D eigenvalue weighted by Crippen LogP contribution is -2.33. The molecule has 0 radical (unpaired) electrons. The predicted molar refractivity (Wildman–Crippen MR) is 157 cm³/mol. The Morgan fingerprint density at radius 3 is 1.43 bits per heavy atom. The summed E-state index contributed by atoms with van der Waals surface area (Å²) in [6.45, 7) is 11.8. The lowest BCUT2D eigenvalue weighted by Gasteiger charge is -2.38. The second kappa shape index (κ2) is 13.5. The minimum absolute atomic E-state index is 0. The third-order valence-corrected chi connectivity index (χ3v) is 8.36. The summed E-state index contributed by atoms with van der Waals surface area (Å²) in [5.41, 5.74) is 9.67. The highest BCUT2D eigenvalue weighted by Gasteiger charge is 2.29. The van der Waals surface area contributed by atoms with Crippen molar-refractivity contribution in [3.05, 3.63) is 69.8 Å². The largest absolute Gasteiger partial charge is 0.299 e. The summed E-state index contributed by atoms with van der Waals surface area (Å²) < 4.78 is 0. The average molecular weight is 520 g/mol. The number of hydrogen-bond donors (Lipinski definition) is 0. The fourth-order valence-corrected chi connectivity index (χ4v) is 6.45. The lowest BCUT2D eigenvalue weighted by atomic mass is 9.82. The molecule has 0 amide bonds. The molecule has 2 aliphatic heterocycles. The van der Waals surface area contributed by atoms with Gasteiger partial charge in [0.1, 0.15) is 0 Å². The first-order valence-corrected chi connectivity index (χ1v) is 13.5. The van der Waals surface area contributed by atoms with Gasteiger partial charge in [0.05, 0.1) is 0 Å². The van der Waals surface area contributed by atoms with Crippen LogP contribution in [0.3, 0.4) is 0 Å². The van der Waals surface area contributed by atoms with Crippen LogP contribution >= 0.6 is 24.8 Å². The summed E-state index contributed by atoms with van der Waals surface area (Å²) >= 11 is 0. The molecule has 2 aromatic carbocycles. The van der Waals surface area contributed by atoms with Crippen molar-refractivity contribution >= 4 is 24.8 Å².